The Labute approximate surface area is 139 Å². The SMILES string of the molecule is CCCCCCCCCCCCn1cnc2[nH]c(C)cc2c1=O. The number of aromatic nitrogens is 3. The lowest BCUT2D eigenvalue weighted by Crippen LogP contribution is -2.20. The first kappa shape index (κ1) is 17.8. The predicted octanol–water partition coefficient (Wildman–Crippen LogP) is 4.95. The Morgan fingerprint density at radius 2 is 1.61 bits per heavy atom. The van der Waals surface area contributed by atoms with E-state index in [1.54, 1.807) is 10.9 Å². The molecule has 1 N–H and O–H groups in total. The minimum atomic E-state index is 0.0790. The third kappa shape index (κ3) is 5.52. The fourth-order valence-corrected chi connectivity index (χ4v) is 3.10. The van der Waals surface area contributed by atoms with E-state index in [0.29, 0.717) is 11.0 Å². The number of unbranched alkanes of at least 4 members (excludes halogenated alkanes) is 9. The Hall–Kier alpha value is -1.58. The quantitative estimate of drug-likeness (QED) is 0.596. The molecule has 0 unspecified atom stereocenters. The van der Waals surface area contributed by atoms with Crippen molar-refractivity contribution in [3.8, 4) is 0 Å². The lowest BCUT2D eigenvalue weighted by molar-refractivity contribution is 0.529. The topological polar surface area (TPSA) is 50.7 Å². The zero-order chi connectivity index (χ0) is 16.5. The van der Waals surface area contributed by atoms with Gasteiger partial charge in [-0.25, -0.2) is 4.98 Å². The Morgan fingerprint density at radius 1 is 1.00 bits per heavy atom. The van der Waals surface area contributed by atoms with E-state index in [1.165, 1.54) is 57.8 Å². The molecule has 0 spiro atoms. The van der Waals surface area contributed by atoms with Gasteiger partial charge in [-0.2, -0.15) is 0 Å². The van der Waals surface area contributed by atoms with Crippen LogP contribution in [0.5, 0.6) is 0 Å². The number of nitrogens with zero attached hydrogens (tertiary/aromatic N) is 2. The minimum Gasteiger partial charge on any atom is -0.343 e. The molecule has 23 heavy (non-hydrogen) atoms. The third-order valence-electron chi connectivity index (χ3n) is 4.50. The Kier molecular flexibility index (Phi) is 7.37. The summed E-state index contributed by atoms with van der Waals surface area (Å²) < 4.78 is 1.75. The van der Waals surface area contributed by atoms with E-state index < -0.39 is 0 Å². The number of fused-ring (bicyclic) bond motifs is 1. The van der Waals surface area contributed by atoms with Gasteiger partial charge < -0.3 is 4.98 Å². The number of hydrogen-bond acceptors (Lipinski definition) is 2. The number of rotatable bonds is 11. The standard InChI is InChI=1S/C19H31N3O/c1-3-4-5-6-7-8-9-10-11-12-13-22-15-20-18-17(19(22)23)14-16(2)21-18/h14-15,21H,3-13H2,1-2H3. The highest BCUT2D eigenvalue weighted by Gasteiger charge is 2.06. The van der Waals surface area contributed by atoms with E-state index in [0.717, 1.165) is 18.7 Å². The van der Waals surface area contributed by atoms with Crippen LogP contribution in [0.3, 0.4) is 0 Å². The zero-order valence-corrected chi connectivity index (χ0v) is 14.7. The van der Waals surface area contributed by atoms with Crippen LogP contribution in [0.15, 0.2) is 17.2 Å². The van der Waals surface area contributed by atoms with Crippen molar-refractivity contribution < 1.29 is 0 Å². The van der Waals surface area contributed by atoms with Crippen molar-refractivity contribution in [2.24, 2.45) is 0 Å². The van der Waals surface area contributed by atoms with Crippen molar-refractivity contribution in [3.63, 3.8) is 0 Å². The number of H-pyrrole nitrogens is 1. The summed E-state index contributed by atoms with van der Waals surface area (Å²) in [6.07, 6.45) is 14.8. The summed E-state index contributed by atoms with van der Waals surface area (Å²) in [6, 6.07) is 1.89. The summed E-state index contributed by atoms with van der Waals surface area (Å²) >= 11 is 0. The highest BCUT2D eigenvalue weighted by molar-refractivity contribution is 5.74. The summed E-state index contributed by atoms with van der Waals surface area (Å²) in [5.74, 6) is 0. The molecule has 0 aliphatic rings. The van der Waals surface area contributed by atoms with Crippen molar-refractivity contribution in [2.45, 2.75) is 84.6 Å². The van der Waals surface area contributed by atoms with E-state index in [9.17, 15) is 4.79 Å². The van der Waals surface area contributed by atoms with Crippen LogP contribution in [0.1, 0.15) is 76.8 Å². The number of aromatic amines is 1. The van der Waals surface area contributed by atoms with Gasteiger partial charge in [-0.3, -0.25) is 9.36 Å². The molecule has 2 aromatic rings. The monoisotopic (exact) mass is 317 g/mol. The van der Waals surface area contributed by atoms with Gasteiger partial charge in [0.15, 0.2) is 0 Å². The maximum Gasteiger partial charge on any atom is 0.262 e. The molecule has 128 valence electrons. The molecular weight excluding hydrogens is 286 g/mol. The molecular formula is C19H31N3O. The van der Waals surface area contributed by atoms with Crippen LogP contribution in [0.2, 0.25) is 0 Å². The van der Waals surface area contributed by atoms with Gasteiger partial charge in [0.05, 0.1) is 11.7 Å². The predicted molar refractivity (Wildman–Crippen MR) is 96.9 cm³/mol. The van der Waals surface area contributed by atoms with Crippen molar-refractivity contribution in [3.05, 3.63) is 28.4 Å². The van der Waals surface area contributed by atoms with Gasteiger partial charge in [-0.05, 0) is 19.4 Å². The number of hydrogen-bond donors (Lipinski definition) is 1. The van der Waals surface area contributed by atoms with E-state index in [4.69, 9.17) is 0 Å². The van der Waals surface area contributed by atoms with E-state index in [1.807, 2.05) is 13.0 Å². The van der Waals surface area contributed by atoms with Gasteiger partial charge in [0, 0.05) is 12.2 Å². The van der Waals surface area contributed by atoms with Gasteiger partial charge in [0.1, 0.15) is 5.65 Å². The summed E-state index contributed by atoms with van der Waals surface area (Å²) in [6.45, 7) is 4.99. The van der Waals surface area contributed by atoms with E-state index in [2.05, 4.69) is 16.9 Å². The second kappa shape index (κ2) is 9.53. The van der Waals surface area contributed by atoms with Gasteiger partial charge in [0.25, 0.3) is 5.56 Å². The Balaban J connectivity index is 1.63. The van der Waals surface area contributed by atoms with Crippen molar-refractivity contribution in [1.29, 1.82) is 0 Å². The van der Waals surface area contributed by atoms with Crippen LogP contribution >= 0.6 is 0 Å². The van der Waals surface area contributed by atoms with E-state index in [-0.39, 0.29) is 5.56 Å². The largest absolute Gasteiger partial charge is 0.343 e. The molecule has 4 nitrogen and oxygen atoms in total. The molecule has 0 fully saturated rings. The van der Waals surface area contributed by atoms with Gasteiger partial charge in [-0.1, -0.05) is 64.7 Å². The van der Waals surface area contributed by atoms with Crippen molar-refractivity contribution >= 4 is 11.0 Å². The molecule has 0 aromatic carbocycles. The second-order valence-corrected chi connectivity index (χ2v) is 6.64. The molecule has 0 radical (unpaired) electrons. The first-order valence-corrected chi connectivity index (χ1v) is 9.27. The lowest BCUT2D eigenvalue weighted by atomic mass is 10.1. The van der Waals surface area contributed by atoms with Gasteiger partial charge in [0.2, 0.25) is 0 Å². The highest BCUT2D eigenvalue weighted by atomic mass is 16.1. The maximum absolute atomic E-state index is 12.3. The zero-order valence-electron chi connectivity index (χ0n) is 14.7. The Bertz CT molecular complexity index is 642. The van der Waals surface area contributed by atoms with Crippen LogP contribution in [-0.2, 0) is 6.54 Å². The average molecular weight is 317 g/mol. The van der Waals surface area contributed by atoms with Crippen LogP contribution < -0.4 is 5.56 Å². The molecule has 0 aliphatic heterocycles. The normalized spacial score (nSPS) is 11.4. The number of nitrogens with one attached hydrogen (secondary N) is 1. The molecule has 0 bridgehead atoms. The summed E-state index contributed by atoms with van der Waals surface area (Å²) in [5, 5.41) is 0.706. The molecule has 4 heteroatoms. The fourth-order valence-electron chi connectivity index (χ4n) is 3.10. The molecule has 2 heterocycles. The summed E-state index contributed by atoms with van der Waals surface area (Å²) in [4.78, 5) is 19.8. The smallest absolute Gasteiger partial charge is 0.262 e. The third-order valence-corrected chi connectivity index (χ3v) is 4.50. The van der Waals surface area contributed by atoms with Crippen LogP contribution in [0.4, 0.5) is 0 Å². The van der Waals surface area contributed by atoms with Crippen molar-refractivity contribution in [2.75, 3.05) is 0 Å². The summed E-state index contributed by atoms with van der Waals surface area (Å²) in [7, 11) is 0. The van der Waals surface area contributed by atoms with E-state index >= 15 is 0 Å². The molecule has 0 saturated heterocycles. The van der Waals surface area contributed by atoms with Gasteiger partial charge in [-0.15, -0.1) is 0 Å². The maximum atomic E-state index is 12.3. The Morgan fingerprint density at radius 3 is 2.26 bits per heavy atom. The second-order valence-electron chi connectivity index (χ2n) is 6.64. The van der Waals surface area contributed by atoms with Crippen LogP contribution in [0, 0.1) is 6.92 Å². The molecule has 2 aromatic heterocycles. The van der Waals surface area contributed by atoms with Gasteiger partial charge >= 0.3 is 0 Å². The average Bonchev–Trinajstić information content (AvgIpc) is 2.92. The first-order chi connectivity index (χ1) is 11.2. The van der Waals surface area contributed by atoms with Crippen LogP contribution in [-0.4, -0.2) is 14.5 Å². The minimum absolute atomic E-state index is 0.0790. The molecule has 0 amide bonds. The number of aryl methyl sites for hydroxylation is 2. The van der Waals surface area contributed by atoms with Crippen molar-refractivity contribution in [1.82, 2.24) is 14.5 Å². The first-order valence-electron chi connectivity index (χ1n) is 9.27. The fraction of sp³-hybridized carbons (Fsp3) is 0.684. The highest BCUT2D eigenvalue weighted by Crippen LogP contribution is 2.11. The molecule has 2 rings (SSSR count). The lowest BCUT2D eigenvalue weighted by Gasteiger charge is -2.05. The molecule has 0 aliphatic carbocycles. The molecule has 0 saturated carbocycles. The van der Waals surface area contributed by atoms with Crippen LogP contribution in [0.25, 0.3) is 11.0 Å². The molecule has 0 atom stereocenters. The summed E-state index contributed by atoms with van der Waals surface area (Å²) in [5.41, 5.74) is 1.77.